The van der Waals surface area contributed by atoms with Crippen molar-refractivity contribution in [1.82, 2.24) is 10.2 Å². The van der Waals surface area contributed by atoms with Crippen LogP contribution in [0.3, 0.4) is 0 Å². The lowest BCUT2D eigenvalue weighted by Gasteiger charge is -2.24. The Hall–Kier alpha value is -1.79. The van der Waals surface area contributed by atoms with Gasteiger partial charge in [-0.1, -0.05) is 11.6 Å². The van der Waals surface area contributed by atoms with E-state index >= 15 is 0 Å². The molecule has 3 N–H and O–H groups in total. The molecule has 0 spiro atoms. The molecule has 0 bridgehead atoms. The monoisotopic (exact) mass is 299 g/mol. The van der Waals surface area contributed by atoms with Crippen LogP contribution in [-0.2, 0) is 11.3 Å². The lowest BCUT2D eigenvalue weighted by Crippen LogP contribution is -2.46. The van der Waals surface area contributed by atoms with E-state index in [-0.39, 0.29) is 0 Å². The number of halogens is 1. The van der Waals surface area contributed by atoms with Crippen molar-refractivity contribution in [1.29, 1.82) is 0 Å². The molecule has 1 atom stereocenters. The van der Waals surface area contributed by atoms with Gasteiger partial charge < -0.3 is 10.5 Å². The predicted octanol–water partition coefficient (Wildman–Crippen LogP) is 1.36. The molecule has 7 heteroatoms. The van der Waals surface area contributed by atoms with Crippen molar-refractivity contribution in [2.24, 2.45) is 5.73 Å². The van der Waals surface area contributed by atoms with Crippen molar-refractivity contribution in [2.75, 3.05) is 14.2 Å². The number of hydrogen-bond acceptors (Lipinski definition) is 4. The third-order valence-corrected chi connectivity index (χ3v) is 3.18. The molecule has 0 heterocycles. The van der Waals surface area contributed by atoms with E-state index in [4.69, 9.17) is 22.1 Å². The van der Waals surface area contributed by atoms with E-state index < -0.39 is 18.0 Å². The van der Waals surface area contributed by atoms with Crippen molar-refractivity contribution in [3.63, 3.8) is 0 Å². The van der Waals surface area contributed by atoms with Crippen LogP contribution in [0.5, 0.6) is 5.75 Å². The van der Waals surface area contributed by atoms with Crippen LogP contribution in [0.1, 0.15) is 12.5 Å². The van der Waals surface area contributed by atoms with E-state index in [0.717, 1.165) is 5.56 Å². The SMILES string of the molecule is COc1ccc(Cl)cc1CN(C)[C@@H](C)C(=O)NC(N)=O. The maximum Gasteiger partial charge on any atom is 0.318 e. The van der Waals surface area contributed by atoms with Crippen LogP contribution in [0.15, 0.2) is 18.2 Å². The second-order valence-electron chi connectivity index (χ2n) is 4.40. The molecular weight excluding hydrogens is 282 g/mol. The first-order valence-electron chi connectivity index (χ1n) is 5.98. The second kappa shape index (κ2) is 7.12. The van der Waals surface area contributed by atoms with Crippen LogP contribution < -0.4 is 15.8 Å². The lowest BCUT2D eigenvalue weighted by atomic mass is 10.1. The van der Waals surface area contributed by atoms with Crippen LogP contribution in [0.4, 0.5) is 4.79 Å². The zero-order chi connectivity index (χ0) is 15.3. The minimum absolute atomic E-state index is 0.442. The molecule has 6 nitrogen and oxygen atoms in total. The molecule has 0 aliphatic rings. The molecule has 0 aliphatic heterocycles. The first-order chi connectivity index (χ1) is 9.35. The molecule has 1 aromatic carbocycles. The Labute approximate surface area is 122 Å². The molecule has 3 amide bonds. The number of methoxy groups -OCH3 is 1. The van der Waals surface area contributed by atoms with Crippen molar-refractivity contribution in [3.8, 4) is 5.75 Å². The van der Waals surface area contributed by atoms with Gasteiger partial charge in [-0.15, -0.1) is 0 Å². The summed E-state index contributed by atoms with van der Waals surface area (Å²) in [5, 5.41) is 2.64. The number of nitrogens with two attached hydrogens (primary N) is 1. The van der Waals surface area contributed by atoms with Gasteiger partial charge >= 0.3 is 6.03 Å². The molecular formula is C13H18ClN3O3. The first kappa shape index (κ1) is 16.3. The highest BCUT2D eigenvalue weighted by Crippen LogP contribution is 2.24. The molecule has 20 heavy (non-hydrogen) atoms. The van der Waals surface area contributed by atoms with E-state index in [1.165, 1.54) is 0 Å². The molecule has 0 fully saturated rings. The Kier molecular flexibility index (Phi) is 5.79. The highest BCUT2D eigenvalue weighted by molar-refractivity contribution is 6.30. The molecule has 1 rings (SSSR count). The zero-order valence-electron chi connectivity index (χ0n) is 11.6. The number of likely N-dealkylation sites (N-methyl/N-ethyl adjacent to an activating group) is 1. The summed E-state index contributed by atoms with van der Waals surface area (Å²) in [6.07, 6.45) is 0. The summed E-state index contributed by atoms with van der Waals surface area (Å²) in [6, 6.07) is 3.88. The quantitative estimate of drug-likeness (QED) is 0.860. The fourth-order valence-electron chi connectivity index (χ4n) is 1.70. The smallest absolute Gasteiger partial charge is 0.318 e. The van der Waals surface area contributed by atoms with E-state index in [1.807, 2.05) is 0 Å². The minimum Gasteiger partial charge on any atom is -0.496 e. The number of nitrogens with one attached hydrogen (secondary N) is 1. The number of primary amides is 1. The number of urea groups is 1. The van der Waals surface area contributed by atoms with Gasteiger partial charge in [0.15, 0.2) is 0 Å². The number of carbonyl (C=O) groups is 2. The largest absolute Gasteiger partial charge is 0.496 e. The second-order valence-corrected chi connectivity index (χ2v) is 4.84. The normalized spacial score (nSPS) is 12.1. The average Bonchev–Trinajstić information content (AvgIpc) is 2.37. The molecule has 0 aliphatic carbocycles. The Balaban J connectivity index is 2.79. The number of nitrogens with zero attached hydrogens (tertiary/aromatic N) is 1. The number of carbonyl (C=O) groups excluding carboxylic acids is 2. The summed E-state index contributed by atoms with van der Waals surface area (Å²) in [5.41, 5.74) is 5.77. The lowest BCUT2D eigenvalue weighted by molar-refractivity contribution is -0.124. The predicted molar refractivity (Wildman–Crippen MR) is 76.7 cm³/mol. The molecule has 0 unspecified atom stereocenters. The Bertz CT molecular complexity index is 508. The molecule has 0 saturated heterocycles. The number of ether oxygens (including phenoxy) is 1. The number of amides is 3. The van der Waals surface area contributed by atoms with Crippen LogP contribution in [0.2, 0.25) is 5.02 Å². The van der Waals surface area contributed by atoms with Gasteiger partial charge in [0.1, 0.15) is 5.75 Å². The summed E-state index contributed by atoms with van der Waals surface area (Å²) in [5.74, 6) is 0.227. The van der Waals surface area contributed by atoms with Crippen molar-refractivity contribution < 1.29 is 14.3 Å². The maximum atomic E-state index is 11.7. The van der Waals surface area contributed by atoms with Gasteiger partial charge in [-0.2, -0.15) is 0 Å². The third kappa shape index (κ3) is 4.40. The highest BCUT2D eigenvalue weighted by Gasteiger charge is 2.20. The molecule has 1 aromatic rings. The summed E-state index contributed by atoms with van der Waals surface area (Å²) in [4.78, 5) is 24.1. The maximum absolute atomic E-state index is 11.7. The summed E-state index contributed by atoms with van der Waals surface area (Å²) < 4.78 is 5.25. The van der Waals surface area contributed by atoms with E-state index in [2.05, 4.69) is 5.32 Å². The van der Waals surface area contributed by atoms with Crippen molar-refractivity contribution in [2.45, 2.75) is 19.5 Å². The van der Waals surface area contributed by atoms with E-state index in [1.54, 1.807) is 44.2 Å². The molecule has 0 saturated carbocycles. The van der Waals surface area contributed by atoms with Crippen LogP contribution in [0, 0.1) is 0 Å². The zero-order valence-corrected chi connectivity index (χ0v) is 12.4. The van der Waals surface area contributed by atoms with E-state index in [9.17, 15) is 9.59 Å². The Morgan fingerprint density at radius 3 is 2.70 bits per heavy atom. The molecule has 0 radical (unpaired) electrons. The average molecular weight is 300 g/mol. The Morgan fingerprint density at radius 1 is 1.50 bits per heavy atom. The Morgan fingerprint density at radius 2 is 2.15 bits per heavy atom. The van der Waals surface area contributed by atoms with Crippen molar-refractivity contribution >= 4 is 23.5 Å². The molecule has 110 valence electrons. The first-order valence-corrected chi connectivity index (χ1v) is 6.36. The highest BCUT2D eigenvalue weighted by atomic mass is 35.5. The standard InChI is InChI=1S/C13H18ClN3O3/c1-8(12(18)16-13(15)19)17(2)7-9-6-10(14)4-5-11(9)20-3/h4-6,8H,7H2,1-3H3,(H3,15,16,18,19)/t8-/m0/s1. The van der Waals surface area contributed by atoms with Gasteiger partial charge in [-0.25, -0.2) is 4.79 Å². The van der Waals surface area contributed by atoms with Gasteiger partial charge in [0, 0.05) is 17.1 Å². The summed E-state index contributed by atoms with van der Waals surface area (Å²) in [7, 11) is 3.32. The topological polar surface area (TPSA) is 84.7 Å². The summed E-state index contributed by atoms with van der Waals surface area (Å²) in [6.45, 7) is 2.12. The third-order valence-electron chi connectivity index (χ3n) is 2.95. The van der Waals surface area contributed by atoms with Gasteiger partial charge in [-0.3, -0.25) is 15.0 Å². The fraction of sp³-hybridized carbons (Fsp3) is 0.385. The summed E-state index contributed by atoms with van der Waals surface area (Å²) >= 11 is 5.95. The van der Waals surface area contributed by atoms with Gasteiger partial charge in [0.25, 0.3) is 0 Å². The van der Waals surface area contributed by atoms with E-state index in [0.29, 0.717) is 17.3 Å². The van der Waals surface area contributed by atoms with Crippen LogP contribution in [-0.4, -0.2) is 37.0 Å². The van der Waals surface area contributed by atoms with Gasteiger partial charge in [0.05, 0.1) is 13.2 Å². The number of hydrogen-bond donors (Lipinski definition) is 2. The minimum atomic E-state index is -0.865. The number of rotatable bonds is 5. The number of benzene rings is 1. The number of imide groups is 1. The van der Waals surface area contributed by atoms with Crippen LogP contribution >= 0.6 is 11.6 Å². The van der Waals surface area contributed by atoms with Gasteiger partial charge in [-0.05, 0) is 32.2 Å². The van der Waals surface area contributed by atoms with Crippen LogP contribution in [0.25, 0.3) is 0 Å². The van der Waals surface area contributed by atoms with Gasteiger partial charge in [0.2, 0.25) is 5.91 Å². The van der Waals surface area contributed by atoms with Crippen molar-refractivity contribution in [3.05, 3.63) is 28.8 Å². The molecule has 0 aromatic heterocycles. The fourth-order valence-corrected chi connectivity index (χ4v) is 1.90.